The Balaban J connectivity index is 1.54. The van der Waals surface area contributed by atoms with Crippen LogP contribution in [0.3, 0.4) is 0 Å². The molecule has 3 heterocycles. The summed E-state index contributed by atoms with van der Waals surface area (Å²) in [4.78, 5) is 40.0. The molecule has 3 aromatic heterocycles. The molecule has 0 aliphatic heterocycles. The summed E-state index contributed by atoms with van der Waals surface area (Å²) in [6.45, 7) is 1.90. The molecule has 0 atom stereocenters. The second-order valence-corrected chi connectivity index (χ2v) is 6.98. The van der Waals surface area contributed by atoms with Gasteiger partial charge >= 0.3 is 11.9 Å². The van der Waals surface area contributed by atoms with E-state index < -0.39 is 17.8 Å². The van der Waals surface area contributed by atoms with Crippen molar-refractivity contribution in [3.8, 4) is 0 Å². The fraction of sp³-hybridized carbons (Fsp3) is 0.176. The van der Waals surface area contributed by atoms with E-state index >= 15 is 0 Å². The number of rotatable bonds is 7. The van der Waals surface area contributed by atoms with Crippen molar-refractivity contribution in [3.63, 3.8) is 0 Å². The first-order chi connectivity index (χ1) is 13.1. The second kappa shape index (κ2) is 8.60. The number of anilines is 1. The zero-order valence-electron chi connectivity index (χ0n) is 14.1. The van der Waals surface area contributed by atoms with Crippen LogP contribution in [0.2, 0.25) is 0 Å². The van der Waals surface area contributed by atoms with Crippen LogP contribution >= 0.6 is 22.7 Å². The van der Waals surface area contributed by atoms with Crippen LogP contribution in [0.1, 0.15) is 42.6 Å². The Labute approximate surface area is 161 Å². The smallest absolute Gasteiger partial charge is 0.367 e. The summed E-state index contributed by atoms with van der Waals surface area (Å²) in [7, 11) is 0. The number of ether oxygens (including phenoxy) is 2. The topological polar surface area (TPSA) is 108 Å². The van der Waals surface area contributed by atoms with E-state index in [2.05, 4.69) is 10.3 Å². The SMILES string of the molecule is CCOC(=O)c1nc(COC(=O)c2ccc(NC(=O)c3ccco3)s2)cs1. The molecule has 3 rings (SSSR count). The first-order valence-electron chi connectivity index (χ1n) is 7.80. The van der Waals surface area contributed by atoms with Crippen molar-refractivity contribution in [2.75, 3.05) is 11.9 Å². The summed E-state index contributed by atoms with van der Waals surface area (Å²) in [5, 5.41) is 4.96. The molecule has 0 aliphatic carbocycles. The van der Waals surface area contributed by atoms with Gasteiger partial charge in [-0.15, -0.1) is 22.7 Å². The Morgan fingerprint density at radius 3 is 2.78 bits per heavy atom. The number of carbonyl (C=O) groups is 3. The standard InChI is InChI=1S/C17H14N2O6S2/c1-2-23-17(22)15-18-10(9-26-15)8-25-16(21)12-5-6-13(27-12)19-14(20)11-4-3-7-24-11/h3-7,9H,2,8H2,1H3,(H,19,20). The van der Waals surface area contributed by atoms with Gasteiger partial charge in [0, 0.05) is 5.38 Å². The van der Waals surface area contributed by atoms with Crippen molar-refractivity contribution < 1.29 is 28.3 Å². The monoisotopic (exact) mass is 406 g/mol. The number of hydrogen-bond acceptors (Lipinski definition) is 9. The average molecular weight is 406 g/mol. The predicted molar refractivity (Wildman–Crippen MR) is 98.2 cm³/mol. The van der Waals surface area contributed by atoms with Gasteiger partial charge < -0.3 is 19.2 Å². The van der Waals surface area contributed by atoms with Gasteiger partial charge in [-0.3, -0.25) is 4.79 Å². The van der Waals surface area contributed by atoms with E-state index in [0.29, 0.717) is 15.6 Å². The number of hydrogen-bond donors (Lipinski definition) is 1. The lowest BCUT2D eigenvalue weighted by atomic mass is 10.4. The van der Waals surface area contributed by atoms with Gasteiger partial charge in [-0.25, -0.2) is 14.6 Å². The molecule has 10 heteroatoms. The van der Waals surface area contributed by atoms with Crippen molar-refractivity contribution in [1.29, 1.82) is 0 Å². The Morgan fingerprint density at radius 2 is 2.04 bits per heavy atom. The highest BCUT2D eigenvalue weighted by molar-refractivity contribution is 7.18. The summed E-state index contributed by atoms with van der Waals surface area (Å²) in [6.07, 6.45) is 1.40. The van der Waals surface area contributed by atoms with Crippen molar-refractivity contribution in [2.24, 2.45) is 0 Å². The highest BCUT2D eigenvalue weighted by Crippen LogP contribution is 2.24. The maximum atomic E-state index is 12.1. The number of amides is 1. The molecule has 0 aromatic carbocycles. The quantitative estimate of drug-likeness (QED) is 0.598. The number of thiazole rings is 1. The predicted octanol–water partition coefficient (Wildman–Crippen LogP) is 3.58. The first-order valence-corrected chi connectivity index (χ1v) is 9.49. The van der Waals surface area contributed by atoms with Gasteiger partial charge in [0.15, 0.2) is 5.76 Å². The van der Waals surface area contributed by atoms with Gasteiger partial charge in [0.2, 0.25) is 5.01 Å². The molecular weight excluding hydrogens is 392 g/mol. The minimum absolute atomic E-state index is 0.0687. The molecule has 0 aliphatic rings. The first kappa shape index (κ1) is 18.8. The largest absolute Gasteiger partial charge is 0.461 e. The summed E-state index contributed by atoms with van der Waals surface area (Å²) >= 11 is 2.20. The number of thiophene rings is 1. The van der Waals surface area contributed by atoms with Crippen molar-refractivity contribution in [1.82, 2.24) is 4.98 Å². The number of esters is 2. The van der Waals surface area contributed by atoms with Crippen LogP contribution in [-0.2, 0) is 16.1 Å². The van der Waals surface area contributed by atoms with Crippen LogP contribution in [0.5, 0.6) is 0 Å². The third kappa shape index (κ3) is 4.80. The van der Waals surface area contributed by atoms with E-state index in [1.807, 2.05) is 0 Å². The lowest BCUT2D eigenvalue weighted by molar-refractivity contribution is 0.0474. The normalized spacial score (nSPS) is 10.4. The lowest BCUT2D eigenvalue weighted by Gasteiger charge is -2.01. The molecular formula is C17H14N2O6S2. The molecule has 0 fully saturated rings. The van der Waals surface area contributed by atoms with Crippen LogP contribution in [0, 0.1) is 0 Å². The van der Waals surface area contributed by atoms with Gasteiger partial charge in [0.05, 0.1) is 23.6 Å². The zero-order valence-corrected chi connectivity index (χ0v) is 15.7. The van der Waals surface area contributed by atoms with Gasteiger partial charge in [0.1, 0.15) is 11.5 Å². The molecule has 0 radical (unpaired) electrons. The van der Waals surface area contributed by atoms with Crippen molar-refractivity contribution in [2.45, 2.75) is 13.5 Å². The lowest BCUT2D eigenvalue weighted by Crippen LogP contribution is -2.09. The molecule has 0 unspecified atom stereocenters. The fourth-order valence-electron chi connectivity index (χ4n) is 1.97. The molecule has 0 spiro atoms. The molecule has 1 N–H and O–H groups in total. The van der Waals surface area contributed by atoms with E-state index in [9.17, 15) is 14.4 Å². The summed E-state index contributed by atoms with van der Waals surface area (Å²) < 4.78 is 15.1. The molecule has 8 nitrogen and oxygen atoms in total. The number of nitrogens with one attached hydrogen (secondary N) is 1. The maximum absolute atomic E-state index is 12.1. The van der Waals surface area contributed by atoms with E-state index in [1.165, 1.54) is 12.3 Å². The highest BCUT2D eigenvalue weighted by Gasteiger charge is 2.16. The van der Waals surface area contributed by atoms with Gasteiger partial charge in [-0.2, -0.15) is 0 Å². The molecule has 1 amide bonds. The average Bonchev–Trinajstić information content (AvgIpc) is 3.40. The number of carbonyl (C=O) groups excluding carboxylic acids is 3. The fourth-order valence-corrected chi connectivity index (χ4v) is 3.46. The molecule has 0 bridgehead atoms. The summed E-state index contributed by atoms with van der Waals surface area (Å²) in [6, 6.07) is 6.30. The molecule has 27 heavy (non-hydrogen) atoms. The second-order valence-electron chi connectivity index (χ2n) is 5.04. The van der Waals surface area contributed by atoms with Crippen molar-refractivity contribution in [3.05, 3.63) is 57.2 Å². The number of aromatic nitrogens is 1. The Morgan fingerprint density at radius 1 is 1.19 bits per heavy atom. The van der Waals surface area contributed by atoms with Crippen LogP contribution in [0.25, 0.3) is 0 Å². The van der Waals surface area contributed by atoms with Gasteiger partial charge in [-0.1, -0.05) is 0 Å². The molecule has 3 aromatic rings. The van der Waals surface area contributed by atoms with Crippen LogP contribution in [0.4, 0.5) is 5.00 Å². The zero-order chi connectivity index (χ0) is 19.2. The minimum Gasteiger partial charge on any atom is -0.461 e. The molecule has 140 valence electrons. The number of nitrogens with zero attached hydrogens (tertiary/aromatic N) is 1. The molecule has 0 saturated carbocycles. The van der Waals surface area contributed by atoms with E-state index in [-0.39, 0.29) is 24.0 Å². The van der Waals surface area contributed by atoms with Gasteiger partial charge in [0.25, 0.3) is 5.91 Å². The third-order valence-corrected chi connectivity index (χ3v) is 4.99. The Bertz CT molecular complexity index is 944. The minimum atomic E-state index is -0.552. The molecule has 0 saturated heterocycles. The summed E-state index contributed by atoms with van der Waals surface area (Å²) in [5.74, 6) is -1.29. The van der Waals surface area contributed by atoms with E-state index in [1.54, 1.807) is 30.5 Å². The van der Waals surface area contributed by atoms with Gasteiger partial charge in [-0.05, 0) is 31.2 Å². The van der Waals surface area contributed by atoms with Crippen LogP contribution < -0.4 is 5.32 Å². The maximum Gasteiger partial charge on any atom is 0.367 e. The van der Waals surface area contributed by atoms with Crippen LogP contribution in [-0.4, -0.2) is 29.4 Å². The van der Waals surface area contributed by atoms with Crippen molar-refractivity contribution >= 4 is 45.5 Å². The summed E-state index contributed by atoms with van der Waals surface area (Å²) in [5.41, 5.74) is 0.458. The van der Waals surface area contributed by atoms with Crippen LogP contribution in [0.15, 0.2) is 40.3 Å². The third-order valence-electron chi connectivity index (χ3n) is 3.14. The van der Waals surface area contributed by atoms with E-state index in [0.717, 1.165) is 22.7 Å². The van der Waals surface area contributed by atoms with E-state index in [4.69, 9.17) is 13.9 Å². The highest BCUT2D eigenvalue weighted by atomic mass is 32.1. The Hall–Kier alpha value is -2.98. The Kier molecular flexibility index (Phi) is 5.99. The number of furan rings is 1.